The first-order valence-corrected chi connectivity index (χ1v) is 7.81. The molecule has 8 nitrogen and oxygen atoms in total. The van der Waals surface area contributed by atoms with Crippen molar-refractivity contribution in [2.45, 2.75) is 23.8 Å². The van der Waals surface area contributed by atoms with Crippen molar-refractivity contribution in [3.05, 3.63) is 27.0 Å². The van der Waals surface area contributed by atoms with Gasteiger partial charge >= 0.3 is 5.69 Å². The van der Waals surface area contributed by atoms with Crippen LogP contribution >= 0.6 is 12.4 Å². The van der Waals surface area contributed by atoms with Crippen molar-refractivity contribution in [2.24, 2.45) is 14.1 Å². The minimum absolute atomic E-state index is 0. The van der Waals surface area contributed by atoms with E-state index in [0.29, 0.717) is 6.54 Å². The Morgan fingerprint density at radius 3 is 2.57 bits per heavy atom. The number of sulfonamides is 1. The summed E-state index contributed by atoms with van der Waals surface area (Å²) in [5.74, 6) is 0. The molecule has 0 saturated carbocycles. The first-order chi connectivity index (χ1) is 9.33. The number of aromatic nitrogens is 2. The number of halogens is 1. The Morgan fingerprint density at radius 2 is 2.00 bits per heavy atom. The van der Waals surface area contributed by atoms with Crippen LogP contribution in [-0.2, 0) is 24.1 Å². The fraction of sp³-hybridized carbons (Fsp3) is 0.636. The molecule has 1 aromatic heterocycles. The number of rotatable bonds is 3. The molecule has 0 amide bonds. The summed E-state index contributed by atoms with van der Waals surface area (Å²) < 4.78 is 28.9. The Balaban J connectivity index is 0.00000220. The highest BCUT2D eigenvalue weighted by atomic mass is 35.5. The van der Waals surface area contributed by atoms with Crippen molar-refractivity contribution in [1.82, 2.24) is 19.2 Å². The van der Waals surface area contributed by atoms with Gasteiger partial charge in [0.05, 0.1) is 0 Å². The van der Waals surface area contributed by atoms with E-state index in [-0.39, 0.29) is 18.4 Å². The third-order valence-electron chi connectivity index (χ3n) is 3.32. The smallest absolute Gasteiger partial charge is 0.315 e. The summed E-state index contributed by atoms with van der Waals surface area (Å²) in [6.45, 7) is 1.39. The SMILES string of the molecule is Cl.Cn1cc(S(=O)(=O)N[C@@H]2CCCNC2)c(=O)n(C)c1=O. The third-order valence-corrected chi connectivity index (χ3v) is 4.83. The maximum Gasteiger partial charge on any atom is 0.330 e. The second-order valence-corrected chi connectivity index (χ2v) is 6.60. The molecule has 1 aromatic rings. The summed E-state index contributed by atoms with van der Waals surface area (Å²) in [6.07, 6.45) is 2.65. The lowest BCUT2D eigenvalue weighted by atomic mass is 10.1. The lowest BCUT2D eigenvalue weighted by Gasteiger charge is -2.23. The summed E-state index contributed by atoms with van der Waals surface area (Å²) in [5.41, 5.74) is -1.38. The number of hydrogen-bond donors (Lipinski definition) is 2. The molecule has 2 N–H and O–H groups in total. The number of piperidine rings is 1. The van der Waals surface area contributed by atoms with E-state index in [9.17, 15) is 18.0 Å². The summed E-state index contributed by atoms with van der Waals surface area (Å²) >= 11 is 0. The van der Waals surface area contributed by atoms with E-state index < -0.39 is 26.2 Å². The van der Waals surface area contributed by atoms with Gasteiger partial charge in [-0.3, -0.25) is 9.36 Å². The first-order valence-electron chi connectivity index (χ1n) is 6.32. The third kappa shape index (κ3) is 3.73. The van der Waals surface area contributed by atoms with Gasteiger partial charge in [-0.05, 0) is 19.4 Å². The quantitative estimate of drug-likeness (QED) is 0.701. The highest BCUT2D eigenvalue weighted by Crippen LogP contribution is 2.07. The highest BCUT2D eigenvalue weighted by molar-refractivity contribution is 7.89. The van der Waals surface area contributed by atoms with Crippen LogP contribution in [0.5, 0.6) is 0 Å². The molecule has 1 atom stereocenters. The number of aryl methyl sites for hydroxylation is 1. The molecule has 21 heavy (non-hydrogen) atoms. The topological polar surface area (TPSA) is 102 Å². The predicted molar refractivity (Wildman–Crippen MR) is 80.4 cm³/mol. The van der Waals surface area contributed by atoms with E-state index in [1.54, 1.807) is 0 Å². The summed E-state index contributed by atoms with van der Waals surface area (Å²) in [4.78, 5) is 23.1. The minimum atomic E-state index is -3.94. The van der Waals surface area contributed by atoms with Gasteiger partial charge in [0.15, 0.2) is 4.90 Å². The first kappa shape index (κ1) is 17.9. The maximum atomic E-state index is 12.3. The predicted octanol–water partition coefficient (Wildman–Crippen LogP) is -1.46. The van der Waals surface area contributed by atoms with Gasteiger partial charge in [0, 0.05) is 32.9 Å². The molecule has 2 rings (SSSR count). The van der Waals surface area contributed by atoms with Gasteiger partial charge in [0.1, 0.15) is 0 Å². The van der Waals surface area contributed by atoms with Gasteiger partial charge in [0.2, 0.25) is 10.0 Å². The highest BCUT2D eigenvalue weighted by Gasteiger charge is 2.25. The van der Waals surface area contributed by atoms with Gasteiger partial charge in [-0.15, -0.1) is 12.4 Å². The maximum absolute atomic E-state index is 12.3. The van der Waals surface area contributed by atoms with Crippen molar-refractivity contribution < 1.29 is 8.42 Å². The zero-order valence-corrected chi connectivity index (χ0v) is 13.5. The molecule has 2 heterocycles. The molecular weight excluding hydrogens is 320 g/mol. The standard InChI is InChI=1S/C11H18N4O4S.ClH/c1-14-7-9(10(16)15(2)11(14)17)20(18,19)13-8-4-3-5-12-6-8;/h7-8,12-13H,3-6H2,1-2H3;1H/t8-;/m1./s1. The molecule has 0 aliphatic carbocycles. The molecule has 0 aromatic carbocycles. The molecule has 0 unspecified atom stereocenters. The van der Waals surface area contributed by atoms with Gasteiger partial charge < -0.3 is 9.88 Å². The minimum Gasteiger partial charge on any atom is -0.315 e. The van der Waals surface area contributed by atoms with Crippen LogP contribution in [0.1, 0.15) is 12.8 Å². The van der Waals surface area contributed by atoms with Crippen LogP contribution in [-0.4, -0.2) is 36.7 Å². The van der Waals surface area contributed by atoms with E-state index in [2.05, 4.69) is 10.0 Å². The molecule has 0 bridgehead atoms. The zero-order chi connectivity index (χ0) is 14.9. The number of hydrogen-bond acceptors (Lipinski definition) is 5. The molecule has 1 aliphatic heterocycles. The van der Waals surface area contributed by atoms with Gasteiger partial charge in [-0.2, -0.15) is 0 Å². The molecule has 1 saturated heterocycles. The Hall–Kier alpha value is -1.16. The Labute approximate surface area is 128 Å². The van der Waals surface area contributed by atoms with Gasteiger partial charge in [-0.25, -0.2) is 17.9 Å². The van der Waals surface area contributed by atoms with Crippen LogP contribution in [0.2, 0.25) is 0 Å². The second-order valence-electron chi connectivity index (χ2n) is 4.92. The van der Waals surface area contributed by atoms with Crippen LogP contribution < -0.4 is 21.3 Å². The zero-order valence-electron chi connectivity index (χ0n) is 11.8. The van der Waals surface area contributed by atoms with Crippen molar-refractivity contribution >= 4 is 22.4 Å². The lowest BCUT2D eigenvalue weighted by molar-refractivity contribution is 0.428. The average Bonchev–Trinajstić information content (AvgIpc) is 2.41. The van der Waals surface area contributed by atoms with Crippen molar-refractivity contribution in [1.29, 1.82) is 0 Å². The molecule has 10 heteroatoms. The fourth-order valence-corrected chi connectivity index (χ4v) is 3.63. The fourth-order valence-electron chi connectivity index (χ4n) is 2.19. The Kier molecular flexibility index (Phi) is 5.74. The second kappa shape index (κ2) is 6.73. The number of nitrogens with zero attached hydrogens (tertiary/aromatic N) is 2. The van der Waals surface area contributed by atoms with Crippen LogP contribution in [0, 0.1) is 0 Å². The molecule has 1 fully saturated rings. The molecule has 0 radical (unpaired) electrons. The summed E-state index contributed by atoms with van der Waals surface area (Å²) in [6, 6.07) is -0.240. The van der Waals surface area contributed by atoms with Gasteiger partial charge in [0.25, 0.3) is 5.56 Å². The van der Waals surface area contributed by atoms with Crippen LogP contribution in [0.3, 0.4) is 0 Å². The lowest BCUT2D eigenvalue weighted by Crippen LogP contribution is -2.48. The molecule has 1 aliphatic rings. The summed E-state index contributed by atoms with van der Waals surface area (Å²) in [7, 11) is -1.27. The van der Waals surface area contributed by atoms with E-state index in [4.69, 9.17) is 0 Å². The van der Waals surface area contributed by atoms with Crippen molar-refractivity contribution in [3.63, 3.8) is 0 Å². The molecule has 0 spiro atoms. The van der Waals surface area contributed by atoms with Crippen LogP contribution in [0.15, 0.2) is 20.7 Å². The largest absolute Gasteiger partial charge is 0.330 e. The van der Waals surface area contributed by atoms with Crippen LogP contribution in [0.4, 0.5) is 0 Å². The Morgan fingerprint density at radius 1 is 1.33 bits per heavy atom. The van der Waals surface area contributed by atoms with Crippen molar-refractivity contribution in [2.75, 3.05) is 13.1 Å². The van der Waals surface area contributed by atoms with Gasteiger partial charge in [-0.1, -0.05) is 0 Å². The average molecular weight is 339 g/mol. The van der Waals surface area contributed by atoms with E-state index in [1.165, 1.54) is 14.1 Å². The van der Waals surface area contributed by atoms with Crippen molar-refractivity contribution in [3.8, 4) is 0 Å². The van der Waals surface area contributed by atoms with E-state index in [0.717, 1.165) is 34.7 Å². The normalized spacial score (nSPS) is 19.0. The number of nitrogens with one attached hydrogen (secondary N) is 2. The monoisotopic (exact) mass is 338 g/mol. The molecular formula is C11H19ClN4O4S. The van der Waals surface area contributed by atoms with E-state index >= 15 is 0 Å². The van der Waals surface area contributed by atoms with E-state index in [1.807, 2.05) is 0 Å². The Bertz CT molecular complexity index is 719. The summed E-state index contributed by atoms with van der Waals surface area (Å²) in [5, 5.41) is 3.09. The van der Waals surface area contributed by atoms with Crippen LogP contribution in [0.25, 0.3) is 0 Å². The molecule has 120 valence electrons.